The van der Waals surface area contributed by atoms with Crippen LogP contribution in [-0.4, -0.2) is 19.2 Å². The number of hydrogen-bond donors (Lipinski definition) is 0. The lowest BCUT2D eigenvalue weighted by molar-refractivity contribution is 0.185. The molecule has 0 bridgehead atoms. The van der Waals surface area contributed by atoms with Crippen LogP contribution in [0.15, 0.2) is 53.1 Å². The monoisotopic (exact) mass is 344 g/mol. The molecule has 4 aromatic rings. The van der Waals surface area contributed by atoms with E-state index in [1.165, 1.54) is 0 Å². The molecule has 4 rings (SSSR count). The van der Waals surface area contributed by atoms with Gasteiger partial charge in [0, 0.05) is 24.4 Å². The second-order valence-electron chi connectivity index (χ2n) is 5.83. The van der Waals surface area contributed by atoms with Crippen LogP contribution in [-0.2, 0) is 11.3 Å². The number of aromatic nitrogens is 1. The molecule has 2 aromatic carbocycles. The normalized spacial score (nSPS) is 11.0. The van der Waals surface area contributed by atoms with Gasteiger partial charge in [0.2, 0.25) is 5.71 Å². The van der Waals surface area contributed by atoms with Gasteiger partial charge < -0.3 is 13.9 Å². The molecule has 2 aromatic heterocycles. The Morgan fingerprint density at radius 3 is 2.62 bits per heavy atom. The Bertz CT molecular complexity index is 1140. The number of furan rings is 1. The molecule has 0 unspecified atom stereocenters. The summed E-state index contributed by atoms with van der Waals surface area (Å²) in [6, 6.07) is 15.9. The van der Waals surface area contributed by atoms with Crippen LogP contribution in [0.5, 0.6) is 5.75 Å². The van der Waals surface area contributed by atoms with Crippen molar-refractivity contribution < 1.29 is 13.9 Å². The molecular formula is C21H16N2O3. The molecule has 0 fully saturated rings. The minimum Gasteiger partial charge on any atom is -0.495 e. The number of benzene rings is 2. The van der Waals surface area contributed by atoms with Crippen molar-refractivity contribution in [3.63, 3.8) is 0 Å². The quantitative estimate of drug-likeness (QED) is 0.538. The minimum atomic E-state index is 0.268. The Labute approximate surface area is 150 Å². The van der Waals surface area contributed by atoms with E-state index in [1.54, 1.807) is 20.4 Å². The molecule has 0 aliphatic carbocycles. The molecule has 0 N–H and O–H groups in total. The average molecular weight is 344 g/mol. The van der Waals surface area contributed by atoms with Crippen LogP contribution in [0.4, 0.5) is 0 Å². The highest BCUT2D eigenvalue weighted by atomic mass is 16.5. The topological polar surface area (TPSA) is 68.3 Å². The lowest BCUT2D eigenvalue weighted by atomic mass is 9.92. The van der Waals surface area contributed by atoms with Gasteiger partial charge in [0.15, 0.2) is 5.58 Å². The molecular weight excluding hydrogens is 328 g/mol. The minimum absolute atomic E-state index is 0.268. The van der Waals surface area contributed by atoms with Crippen molar-refractivity contribution in [1.29, 1.82) is 5.26 Å². The maximum absolute atomic E-state index is 9.88. The predicted octanol–water partition coefficient (Wildman–Crippen LogP) is 4.67. The molecule has 26 heavy (non-hydrogen) atoms. The van der Waals surface area contributed by atoms with E-state index in [9.17, 15) is 5.26 Å². The lowest BCUT2D eigenvalue weighted by Gasteiger charge is -2.16. The number of methoxy groups -OCH3 is 2. The second kappa shape index (κ2) is 6.51. The van der Waals surface area contributed by atoms with Crippen LogP contribution < -0.4 is 4.74 Å². The Balaban J connectivity index is 2.26. The summed E-state index contributed by atoms with van der Waals surface area (Å²) in [7, 11) is 3.23. The first-order valence-electron chi connectivity index (χ1n) is 8.14. The molecule has 0 radical (unpaired) electrons. The molecule has 5 nitrogen and oxygen atoms in total. The van der Waals surface area contributed by atoms with E-state index >= 15 is 0 Å². The zero-order chi connectivity index (χ0) is 18.1. The highest BCUT2D eigenvalue weighted by Crippen LogP contribution is 2.46. The molecule has 5 heteroatoms. The summed E-state index contributed by atoms with van der Waals surface area (Å²) in [6.07, 6.45) is 1.66. The van der Waals surface area contributed by atoms with Crippen molar-refractivity contribution >= 4 is 22.1 Å². The third-order valence-corrected chi connectivity index (χ3v) is 4.42. The van der Waals surface area contributed by atoms with Crippen LogP contribution in [0.25, 0.3) is 33.2 Å². The van der Waals surface area contributed by atoms with E-state index in [-0.39, 0.29) is 6.61 Å². The van der Waals surface area contributed by atoms with Crippen LogP contribution in [0.1, 0.15) is 11.1 Å². The Morgan fingerprint density at radius 2 is 1.92 bits per heavy atom. The highest BCUT2D eigenvalue weighted by molar-refractivity contribution is 6.12. The number of hydrogen-bond acceptors (Lipinski definition) is 5. The summed E-state index contributed by atoms with van der Waals surface area (Å²) in [5.41, 5.74) is 3.93. The summed E-state index contributed by atoms with van der Waals surface area (Å²) in [6.45, 7) is 0.268. The smallest absolute Gasteiger partial charge is 0.227 e. The Morgan fingerprint density at radius 1 is 1.12 bits per heavy atom. The fraction of sp³-hybridized carbons (Fsp3) is 0.143. The van der Waals surface area contributed by atoms with Gasteiger partial charge >= 0.3 is 0 Å². The molecule has 2 heterocycles. The summed E-state index contributed by atoms with van der Waals surface area (Å²) in [5, 5.41) is 11.4. The van der Waals surface area contributed by atoms with Crippen LogP contribution >= 0.6 is 0 Å². The van der Waals surface area contributed by atoms with Gasteiger partial charge in [-0.25, -0.2) is 4.98 Å². The fourth-order valence-electron chi connectivity index (χ4n) is 3.38. The third-order valence-electron chi connectivity index (χ3n) is 4.42. The molecule has 0 spiro atoms. The van der Waals surface area contributed by atoms with Gasteiger partial charge in [-0.2, -0.15) is 5.26 Å². The molecule has 0 amide bonds. The van der Waals surface area contributed by atoms with E-state index in [4.69, 9.17) is 13.9 Å². The molecule has 0 atom stereocenters. The van der Waals surface area contributed by atoms with Crippen molar-refractivity contribution in [3.05, 3.63) is 59.8 Å². The number of rotatable bonds is 4. The van der Waals surface area contributed by atoms with Gasteiger partial charge in [-0.1, -0.05) is 30.3 Å². The summed E-state index contributed by atoms with van der Waals surface area (Å²) in [5.74, 6) is 0.656. The van der Waals surface area contributed by atoms with E-state index < -0.39 is 0 Å². The maximum atomic E-state index is 9.88. The van der Waals surface area contributed by atoms with Gasteiger partial charge in [0.05, 0.1) is 24.5 Å². The zero-order valence-corrected chi connectivity index (χ0v) is 14.4. The van der Waals surface area contributed by atoms with Crippen LogP contribution in [0.3, 0.4) is 0 Å². The van der Waals surface area contributed by atoms with Gasteiger partial charge in [0.25, 0.3) is 0 Å². The number of fused-ring (bicyclic) bond motifs is 3. The molecule has 0 saturated heterocycles. The first kappa shape index (κ1) is 16.1. The highest BCUT2D eigenvalue weighted by Gasteiger charge is 2.26. The van der Waals surface area contributed by atoms with Crippen molar-refractivity contribution in [3.8, 4) is 22.9 Å². The zero-order valence-electron chi connectivity index (χ0n) is 14.4. The summed E-state index contributed by atoms with van der Waals surface area (Å²) in [4.78, 5) is 4.28. The number of ether oxygens (including phenoxy) is 2. The number of pyridine rings is 1. The Hall–Kier alpha value is -3.36. The third kappa shape index (κ3) is 2.32. The van der Waals surface area contributed by atoms with Crippen molar-refractivity contribution in [1.82, 2.24) is 4.98 Å². The fourth-order valence-corrected chi connectivity index (χ4v) is 3.38. The van der Waals surface area contributed by atoms with E-state index in [0.29, 0.717) is 22.6 Å². The van der Waals surface area contributed by atoms with Crippen LogP contribution in [0, 0.1) is 11.3 Å². The van der Waals surface area contributed by atoms with Crippen molar-refractivity contribution in [2.75, 3.05) is 14.2 Å². The largest absolute Gasteiger partial charge is 0.495 e. The average Bonchev–Trinajstić information content (AvgIpc) is 3.07. The lowest BCUT2D eigenvalue weighted by Crippen LogP contribution is -2.01. The van der Waals surface area contributed by atoms with Crippen molar-refractivity contribution in [2.45, 2.75) is 6.61 Å². The first-order valence-corrected chi connectivity index (χ1v) is 8.14. The standard InChI is InChI=1S/C21H16N2O3/c1-24-12-16-15(11-22)19-18(14-9-6-10-23-21(14)26-19)20(25-2)17(16)13-7-4-3-5-8-13/h3-10H,12H2,1-2H3. The van der Waals surface area contributed by atoms with E-state index in [2.05, 4.69) is 11.1 Å². The van der Waals surface area contributed by atoms with E-state index in [1.807, 2.05) is 42.5 Å². The Kier molecular flexibility index (Phi) is 4.04. The first-order chi connectivity index (χ1) is 12.8. The van der Waals surface area contributed by atoms with Gasteiger partial charge in [-0.05, 0) is 17.7 Å². The van der Waals surface area contributed by atoms with Gasteiger partial charge in [-0.3, -0.25) is 0 Å². The van der Waals surface area contributed by atoms with E-state index in [0.717, 1.165) is 27.5 Å². The van der Waals surface area contributed by atoms with Crippen molar-refractivity contribution in [2.24, 2.45) is 0 Å². The number of nitriles is 1. The van der Waals surface area contributed by atoms with Gasteiger partial charge in [0.1, 0.15) is 17.4 Å². The molecule has 0 aliphatic heterocycles. The second-order valence-corrected chi connectivity index (χ2v) is 5.83. The summed E-state index contributed by atoms with van der Waals surface area (Å²) >= 11 is 0. The predicted molar refractivity (Wildman–Crippen MR) is 98.9 cm³/mol. The molecule has 128 valence electrons. The van der Waals surface area contributed by atoms with Crippen LogP contribution in [0.2, 0.25) is 0 Å². The van der Waals surface area contributed by atoms with Gasteiger partial charge in [-0.15, -0.1) is 0 Å². The molecule has 0 saturated carbocycles. The maximum Gasteiger partial charge on any atom is 0.227 e. The SMILES string of the molecule is COCc1c(-c2ccccc2)c(OC)c2c(oc3ncccc32)c1C#N. The number of nitrogens with zero attached hydrogens (tertiary/aromatic N) is 2. The molecule has 0 aliphatic rings. The summed E-state index contributed by atoms with van der Waals surface area (Å²) < 4.78 is 17.1.